The Morgan fingerprint density at radius 2 is 1.79 bits per heavy atom. The lowest BCUT2D eigenvalue weighted by Crippen LogP contribution is -2.29. The molecule has 1 unspecified atom stereocenters. The van der Waals surface area contributed by atoms with Crippen molar-refractivity contribution >= 4 is 17.2 Å². The van der Waals surface area contributed by atoms with Gasteiger partial charge in [-0.05, 0) is 43.3 Å². The van der Waals surface area contributed by atoms with Gasteiger partial charge < -0.3 is 4.90 Å². The summed E-state index contributed by atoms with van der Waals surface area (Å²) in [5, 5.41) is 1.97. The van der Waals surface area contributed by atoms with Crippen molar-refractivity contribution in [3.8, 4) is 0 Å². The first-order valence-electron chi connectivity index (χ1n) is 6.38. The molecule has 0 fully saturated rings. The number of thiophene rings is 1. The van der Waals surface area contributed by atoms with Crippen LogP contribution in [0.4, 0.5) is 0 Å². The van der Waals surface area contributed by atoms with Crippen molar-refractivity contribution in [2.75, 3.05) is 7.05 Å². The van der Waals surface area contributed by atoms with Crippen molar-refractivity contribution < 1.29 is 4.79 Å². The number of carbonyl (C=O) groups excluding carboxylic acids is 1. The predicted molar refractivity (Wildman–Crippen MR) is 80.7 cm³/mol. The van der Waals surface area contributed by atoms with Crippen molar-refractivity contribution in [3.63, 3.8) is 0 Å². The maximum absolute atomic E-state index is 12.4. The van der Waals surface area contributed by atoms with Gasteiger partial charge in [-0.25, -0.2) is 0 Å². The van der Waals surface area contributed by atoms with Gasteiger partial charge in [0.25, 0.3) is 5.91 Å². The summed E-state index contributed by atoms with van der Waals surface area (Å²) in [6.07, 6.45) is 0. The van der Waals surface area contributed by atoms with Crippen LogP contribution in [0, 0.1) is 13.8 Å². The predicted octanol–water partition coefficient (Wildman–Crippen LogP) is 4.20. The summed E-state index contributed by atoms with van der Waals surface area (Å²) in [4.78, 5) is 15.1. The number of amides is 1. The second-order valence-corrected chi connectivity index (χ2v) is 5.85. The summed E-state index contributed by atoms with van der Waals surface area (Å²) in [6.45, 7) is 6.11. The van der Waals surface area contributed by atoms with Crippen molar-refractivity contribution in [3.05, 3.63) is 57.3 Å². The molecule has 0 N–H and O–H groups in total. The lowest BCUT2D eigenvalue weighted by atomic mass is 10.1. The summed E-state index contributed by atoms with van der Waals surface area (Å²) < 4.78 is 0. The Balaban J connectivity index is 2.19. The van der Waals surface area contributed by atoms with Crippen LogP contribution in [0.5, 0.6) is 0 Å². The van der Waals surface area contributed by atoms with Crippen LogP contribution in [-0.2, 0) is 0 Å². The third-order valence-electron chi connectivity index (χ3n) is 3.52. The molecular formula is C16H19NOS. The van der Waals surface area contributed by atoms with Crippen molar-refractivity contribution in [1.29, 1.82) is 0 Å². The Morgan fingerprint density at radius 3 is 2.32 bits per heavy atom. The molecule has 0 saturated heterocycles. The zero-order valence-corrected chi connectivity index (χ0v) is 12.6. The lowest BCUT2D eigenvalue weighted by molar-refractivity contribution is 0.0747. The largest absolute Gasteiger partial charge is 0.334 e. The van der Waals surface area contributed by atoms with Crippen LogP contribution >= 0.6 is 11.3 Å². The maximum Gasteiger partial charge on any atom is 0.264 e. The van der Waals surface area contributed by atoms with Crippen LogP contribution in [0.3, 0.4) is 0 Å². The van der Waals surface area contributed by atoms with E-state index in [0.717, 1.165) is 16.0 Å². The van der Waals surface area contributed by atoms with Gasteiger partial charge in [0.2, 0.25) is 0 Å². The highest BCUT2D eigenvalue weighted by molar-refractivity contribution is 7.12. The molecule has 0 aliphatic carbocycles. The van der Waals surface area contributed by atoms with Crippen molar-refractivity contribution in [1.82, 2.24) is 4.90 Å². The SMILES string of the molecule is Cc1ccc(C(C)N(C)C(=O)c2sccc2C)cc1. The average molecular weight is 273 g/mol. The standard InChI is InChI=1S/C16H19NOS/c1-11-5-7-14(8-6-11)13(3)17(4)16(18)15-12(2)9-10-19-15/h5-10,13H,1-4H3. The molecule has 2 aromatic rings. The molecule has 0 aliphatic heterocycles. The number of aryl methyl sites for hydroxylation is 2. The van der Waals surface area contributed by atoms with Crippen LogP contribution < -0.4 is 0 Å². The quantitative estimate of drug-likeness (QED) is 0.820. The number of nitrogens with zero attached hydrogens (tertiary/aromatic N) is 1. The van der Waals surface area contributed by atoms with E-state index in [2.05, 4.69) is 38.1 Å². The van der Waals surface area contributed by atoms with Gasteiger partial charge in [0.15, 0.2) is 0 Å². The Kier molecular flexibility index (Phi) is 4.05. The zero-order valence-electron chi connectivity index (χ0n) is 11.8. The van der Waals surface area contributed by atoms with Crippen LogP contribution in [0.15, 0.2) is 35.7 Å². The third kappa shape index (κ3) is 2.87. The molecule has 0 spiro atoms. The third-order valence-corrected chi connectivity index (χ3v) is 4.52. The first-order chi connectivity index (χ1) is 9.00. The maximum atomic E-state index is 12.4. The number of benzene rings is 1. The highest BCUT2D eigenvalue weighted by atomic mass is 32.1. The van der Waals surface area contributed by atoms with E-state index in [1.807, 2.05) is 30.3 Å². The van der Waals surface area contributed by atoms with E-state index in [4.69, 9.17) is 0 Å². The van der Waals surface area contributed by atoms with E-state index in [0.29, 0.717) is 0 Å². The van der Waals surface area contributed by atoms with Crippen molar-refractivity contribution in [2.45, 2.75) is 26.8 Å². The number of hydrogen-bond acceptors (Lipinski definition) is 2. The molecule has 0 radical (unpaired) electrons. The minimum atomic E-state index is 0.0783. The first kappa shape index (κ1) is 13.8. The Labute approximate surface area is 118 Å². The summed E-state index contributed by atoms with van der Waals surface area (Å²) in [5.74, 6) is 0.0978. The van der Waals surface area contributed by atoms with Crippen LogP contribution in [0.25, 0.3) is 0 Å². The topological polar surface area (TPSA) is 20.3 Å². The summed E-state index contributed by atoms with van der Waals surface area (Å²) in [5.41, 5.74) is 3.45. The molecule has 0 saturated carbocycles. The molecule has 19 heavy (non-hydrogen) atoms. The number of hydrogen-bond donors (Lipinski definition) is 0. The summed E-state index contributed by atoms with van der Waals surface area (Å²) in [6, 6.07) is 10.4. The molecule has 2 rings (SSSR count). The zero-order chi connectivity index (χ0) is 14.0. The molecule has 3 heteroatoms. The van der Waals surface area contributed by atoms with Gasteiger partial charge in [0.1, 0.15) is 0 Å². The highest BCUT2D eigenvalue weighted by Crippen LogP contribution is 2.24. The molecule has 100 valence electrons. The molecule has 1 aromatic heterocycles. The first-order valence-corrected chi connectivity index (χ1v) is 7.26. The van der Waals surface area contributed by atoms with Crippen LogP contribution in [-0.4, -0.2) is 17.9 Å². The van der Waals surface area contributed by atoms with E-state index in [1.54, 1.807) is 0 Å². The van der Waals surface area contributed by atoms with Gasteiger partial charge in [-0.15, -0.1) is 11.3 Å². The van der Waals surface area contributed by atoms with Gasteiger partial charge in [-0.2, -0.15) is 0 Å². The number of rotatable bonds is 3. The monoisotopic (exact) mass is 273 g/mol. The fourth-order valence-electron chi connectivity index (χ4n) is 2.00. The van der Waals surface area contributed by atoms with E-state index in [9.17, 15) is 4.79 Å². The minimum Gasteiger partial charge on any atom is -0.334 e. The number of carbonyl (C=O) groups is 1. The van der Waals surface area contributed by atoms with E-state index >= 15 is 0 Å². The second kappa shape index (κ2) is 5.57. The molecule has 1 amide bonds. The van der Waals surface area contributed by atoms with E-state index in [1.165, 1.54) is 16.9 Å². The fraction of sp³-hybridized carbons (Fsp3) is 0.312. The molecule has 1 heterocycles. The smallest absolute Gasteiger partial charge is 0.264 e. The summed E-state index contributed by atoms with van der Waals surface area (Å²) >= 11 is 1.51. The van der Waals surface area contributed by atoms with Gasteiger partial charge in [0, 0.05) is 7.05 Å². The van der Waals surface area contributed by atoms with Gasteiger partial charge in [0.05, 0.1) is 10.9 Å². The van der Waals surface area contributed by atoms with Crippen LogP contribution in [0.2, 0.25) is 0 Å². The van der Waals surface area contributed by atoms with E-state index < -0.39 is 0 Å². The Bertz CT molecular complexity index is 571. The van der Waals surface area contributed by atoms with E-state index in [-0.39, 0.29) is 11.9 Å². The van der Waals surface area contributed by atoms with Crippen molar-refractivity contribution in [2.24, 2.45) is 0 Å². The molecular weight excluding hydrogens is 254 g/mol. The molecule has 0 bridgehead atoms. The lowest BCUT2D eigenvalue weighted by Gasteiger charge is -2.25. The highest BCUT2D eigenvalue weighted by Gasteiger charge is 2.20. The minimum absolute atomic E-state index is 0.0783. The molecule has 1 atom stereocenters. The average Bonchev–Trinajstić information content (AvgIpc) is 2.83. The molecule has 0 aliphatic rings. The van der Waals surface area contributed by atoms with Crippen LogP contribution in [0.1, 0.15) is 39.3 Å². The summed E-state index contributed by atoms with van der Waals surface area (Å²) in [7, 11) is 1.87. The van der Waals surface area contributed by atoms with Gasteiger partial charge in [-0.3, -0.25) is 4.79 Å². The Morgan fingerprint density at radius 1 is 1.16 bits per heavy atom. The normalized spacial score (nSPS) is 12.2. The van der Waals surface area contributed by atoms with Gasteiger partial charge in [-0.1, -0.05) is 29.8 Å². The molecule has 1 aromatic carbocycles. The Hall–Kier alpha value is -1.61. The fourth-order valence-corrected chi connectivity index (χ4v) is 2.90. The van der Waals surface area contributed by atoms with Gasteiger partial charge >= 0.3 is 0 Å². The second-order valence-electron chi connectivity index (χ2n) is 4.94. The molecule has 2 nitrogen and oxygen atoms in total.